The number of hydrogen-bond acceptors (Lipinski definition) is 3. The molecular weight excluding hydrogens is 254 g/mol. The first-order valence-corrected chi connectivity index (χ1v) is 7.54. The third-order valence-electron chi connectivity index (χ3n) is 3.33. The number of hydrogen-bond donors (Lipinski definition) is 2. The van der Waals surface area contributed by atoms with Crippen LogP contribution in [0.3, 0.4) is 0 Å². The van der Waals surface area contributed by atoms with Gasteiger partial charge in [-0.05, 0) is 35.9 Å². The average molecular weight is 275 g/mol. The third kappa shape index (κ3) is 4.16. The van der Waals surface area contributed by atoms with Gasteiger partial charge < -0.3 is 10.4 Å². The van der Waals surface area contributed by atoms with Crippen LogP contribution in [0.5, 0.6) is 0 Å². The van der Waals surface area contributed by atoms with Crippen LogP contribution in [-0.4, -0.2) is 17.3 Å². The van der Waals surface area contributed by atoms with Gasteiger partial charge in [0, 0.05) is 18.0 Å². The molecule has 3 heteroatoms. The van der Waals surface area contributed by atoms with E-state index in [1.54, 1.807) is 11.3 Å². The lowest BCUT2D eigenvalue weighted by Crippen LogP contribution is -2.36. The third-order valence-corrected chi connectivity index (χ3v) is 4.26. The standard InChI is InChI=1S/C16H21NOS/c1-3-16(2,18)12-17-10-15-9-14(11-19-15)13-7-5-4-6-8-13/h4-9,11,17-18H,3,10,12H2,1-2H3. The predicted octanol–water partition coefficient (Wildman–Crippen LogP) is 3.67. The van der Waals surface area contributed by atoms with Gasteiger partial charge in [0.2, 0.25) is 0 Å². The second kappa shape index (κ2) is 6.33. The molecule has 0 radical (unpaired) electrons. The Balaban J connectivity index is 1.92. The highest BCUT2D eigenvalue weighted by Crippen LogP contribution is 2.25. The molecule has 0 bridgehead atoms. The van der Waals surface area contributed by atoms with Crippen molar-refractivity contribution in [2.24, 2.45) is 0 Å². The highest BCUT2D eigenvalue weighted by molar-refractivity contribution is 7.10. The molecule has 1 heterocycles. The normalized spacial score (nSPS) is 14.3. The molecule has 0 aliphatic heterocycles. The van der Waals surface area contributed by atoms with Crippen molar-refractivity contribution in [3.05, 3.63) is 46.7 Å². The van der Waals surface area contributed by atoms with Crippen LogP contribution in [0.4, 0.5) is 0 Å². The largest absolute Gasteiger partial charge is 0.389 e. The van der Waals surface area contributed by atoms with E-state index in [9.17, 15) is 5.11 Å². The molecule has 1 unspecified atom stereocenters. The van der Waals surface area contributed by atoms with Crippen molar-refractivity contribution >= 4 is 11.3 Å². The van der Waals surface area contributed by atoms with Gasteiger partial charge in [0.05, 0.1) is 5.60 Å². The molecule has 1 aromatic heterocycles. The second-order valence-electron chi connectivity index (χ2n) is 5.12. The Bertz CT molecular complexity index is 504. The minimum absolute atomic E-state index is 0.612. The van der Waals surface area contributed by atoms with Crippen molar-refractivity contribution in [2.75, 3.05) is 6.54 Å². The molecule has 0 fully saturated rings. The number of aliphatic hydroxyl groups is 1. The van der Waals surface area contributed by atoms with E-state index < -0.39 is 5.60 Å². The number of benzene rings is 1. The molecule has 2 rings (SSSR count). The van der Waals surface area contributed by atoms with Gasteiger partial charge in [-0.15, -0.1) is 11.3 Å². The van der Waals surface area contributed by atoms with Gasteiger partial charge in [-0.25, -0.2) is 0 Å². The van der Waals surface area contributed by atoms with Gasteiger partial charge in [0.25, 0.3) is 0 Å². The van der Waals surface area contributed by atoms with Crippen LogP contribution < -0.4 is 5.32 Å². The number of rotatable bonds is 6. The molecular formula is C16H21NOS. The highest BCUT2D eigenvalue weighted by Gasteiger charge is 2.16. The average Bonchev–Trinajstić information content (AvgIpc) is 2.88. The summed E-state index contributed by atoms with van der Waals surface area (Å²) < 4.78 is 0. The summed E-state index contributed by atoms with van der Waals surface area (Å²) in [5.74, 6) is 0. The molecule has 0 aliphatic rings. The minimum atomic E-state index is -0.612. The Kier molecular flexibility index (Phi) is 4.75. The van der Waals surface area contributed by atoms with Gasteiger partial charge in [-0.3, -0.25) is 0 Å². The maximum absolute atomic E-state index is 9.93. The van der Waals surface area contributed by atoms with Crippen molar-refractivity contribution in [1.82, 2.24) is 5.32 Å². The molecule has 2 nitrogen and oxygen atoms in total. The Hall–Kier alpha value is -1.16. The quantitative estimate of drug-likeness (QED) is 0.843. The molecule has 102 valence electrons. The van der Waals surface area contributed by atoms with E-state index in [0.29, 0.717) is 6.54 Å². The summed E-state index contributed by atoms with van der Waals surface area (Å²) in [6.07, 6.45) is 0.764. The molecule has 2 N–H and O–H groups in total. The molecule has 1 aromatic carbocycles. The van der Waals surface area contributed by atoms with Gasteiger partial charge in [-0.1, -0.05) is 37.3 Å². The van der Waals surface area contributed by atoms with Gasteiger partial charge >= 0.3 is 0 Å². The van der Waals surface area contributed by atoms with Crippen LogP contribution in [0.2, 0.25) is 0 Å². The number of nitrogens with one attached hydrogen (secondary N) is 1. The molecule has 0 aliphatic carbocycles. The van der Waals surface area contributed by atoms with E-state index in [2.05, 4.69) is 41.0 Å². The zero-order valence-electron chi connectivity index (χ0n) is 11.5. The summed E-state index contributed by atoms with van der Waals surface area (Å²) in [5, 5.41) is 15.4. The zero-order chi connectivity index (χ0) is 13.7. The SMILES string of the molecule is CCC(C)(O)CNCc1cc(-c2ccccc2)cs1. The fraction of sp³-hybridized carbons (Fsp3) is 0.375. The fourth-order valence-electron chi connectivity index (χ4n) is 1.84. The van der Waals surface area contributed by atoms with Gasteiger partial charge in [0.15, 0.2) is 0 Å². The lowest BCUT2D eigenvalue weighted by molar-refractivity contribution is 0.0556. The minimum Gasteiger partial charge on any atom is -0.389 e. The van der Waals surface area contributed by atoms with Crippen LogP contribution >= 0.6 is 11.3 Å². The van der Waals surface area contributed by atoms with Crippen LogP contribution in [0.15, 0.2) is 41.8 Å². The summed E-state index contributed by atoms with van der Waals surface area (Å²) in [7, 11) is 0. The van der Waals surface area contributed by atoms with Crippen molar-refractivity contribution in [3.8, 4) is 11.1 Å². The highest BCUT2D eigenvalue weighted by atomic mass is 32.1. The van der Waals surface area contributed by atoms with Crippen LogP contribution in [0.1, 0.15) is 25.1 Å². The van der Waals surface area contributed by atoms with Crippen LogP contribution in [0, 0.1) is 0 Å². The lowest BCUT2D eigenvalue weighted by atomic mass is 10.0. The Morgan fingerprint density at radius 3 is 2.63 bits per heavy atom. The van der Waals surface area contributed by atoms with Gasteiger partial charge in [0.1, 0.15) is 0 Å². The predicted molar refractivity (Wildman–Crippen MR) is 82.4 cm³/mol. The molecule has 0 spiro atoms. The van der Waals surface area contributed by atoms with Crippen molar-refractivity contribution < 1.29 is 5.11 Å². The molecule has 1 atom stereocenters. The van der Waals surface area contributed by atoms with E-state index in [1.165, 1.54) is 16.0 Å². The van der Waals surface area contributed by atoms with Crippen molar-refractivity contribution in [1.29, 1.82) is 0 Å². The molecule has 0 amide bonds. The first-order chi connectivity index (χ1) is 9.11. The molecule has 0 saturated heterocycles. The molecule has 0 saturated carbocycles. The summed E-state index contributed by atoms with van der Waals surface area (Å²) in [6, 6.07) is 12.6. The Morgan fingerprint density at radius 1 is 1.21 bits per heavy atom. The summed E-state index contributed by atoms with van der Waals surface area (Å²) >= 11 is 1.76. The maximum atomic E-state index is 9.93. The van der Waals surface area contributed by atoms with Crippen molar-refractivity contribution in [2.45, 2.75) is 32.4 Å². The van der Waals surface area contributed by atoms with E-state index in [-0.39, 0.29) is 0 Å². The first kappa shape index (κ1) is 14.3. The number of thiophene rings is 1. The van der Waals surface area contributed by atoms with E-state index in [4.69, 9.17) is 0 Å². The Morgan fingerprint density at radius 2 is 1.95 bits per heavy atom. The fourth-order valence-corrected chi connectivity index (χ4v) is 2.70. The first-order valence-electron chi connectivity index (χ1n) is 6.67. The van der Waals surface area contributed by atoms with E-state index >= 15 is 0 Å². The van der Waals surface area contributed by atoms with Gasteiger partial charge in [-0.2, -0.15) is 0 Å². The maximum Gasteiger partial charge on any atom is 0.0741 e. The van der Waals surface area contributed by atoms with E-state index in [1.807, 2.05) is 19.9 Å². The van der Waals surface area contributed by atoms with Crippen molar-refractivity contribution in [3.63, 3.8) is 0 Å². The monoisotopic (exact) mass is 275 g/mol. The zero-order valence-corrected chi connectivity index (χ0v) is 12.3. The van der Waals surface area contributed by atoms with Crippen LogP contribution in [0.25, 0.3) is 11.1 Å². The van der Waals surface area contributed by atoms with Crippen LogP contribution in [-0.2, 0) is 6.54 Å². The summed E-state index contributed by atoms with van der Waals surface area (Å²) in [4.78, 5) is 1.30. The Labute approximate surface area is 119 Å². The summed E-state index contributed by atoms with van der Waals surface area (Å²) in [6.45, 7) is 5.31. The summed E-state index contributed by atoms with van der Waals surface area (Å²) in [5.41, 5.74) is 1.91. The molecule has 2 aromatic rings. The molecule has 19 heavy (non-hydrogen) atoms. The topological polar surface area (TPSA) is 32.3 Å². The lowest BCUT2D eigenvalue weighted by Gasteiger charge is -2.21. The second-order valence-corrected chi connectivity index (χ2v) is 6.12. The van der Waals surface area contributed by atoms with E-state index in [0.717, 1.165) is 13.0 Å². The smallest absolute Gasteiger partial charge is 0.0741 e.